The summed E-state index contributed by atoms with van der Waals surface area (Å²) in [6.45, 7) is 1.53. The molecule has 0 spiro atoms. The fourth-order valence-electron chi connectivity index (χ4n) is 2.58. The molecule has 20 heavy (non-hydrogen) atoms. The maximum atomic E-state index is 11.4. The Morgan fingerprint density at radius 1 is 1.45 bits per heavy atom. The van der Waals surface area contributed by atoms with E-state index in [2.05, 4.69) is 9.88 Å². The number of thiophene rings is 1. The highest BCUT2D eigenvalue weighted by atomic mass is 32.1. The zero-order chi connectivity index (χ0) is 14.3. The summed E-state index contributed by atoms with van der Waals surface area (Å²) in [7, 11) is 0. The number of aromatic nitrogens is 1. The van der Waals surface area contributed by atoms with Crippen molar-refractivity contribution in [3.8, 4) is 0 Å². The van der Waals surface area contributed by atoms with E-state index < -0.39 is 5.91 Å². The van der Waals surface area contributed by atoms with Crippen molar-refractivity contribution in [2.24, 2.45) is 5.73 Å². The van der Waals surface area contributed by atoms with E-state index in [9.17, 15) is 9.90 Å². The number of anilines is 2. The predicted molar refractivity (Wildman–Crippen MR) is 80.0 cm³/mol. The summed E-state index contributed by atoms with van der Waals surface area (Å²) in [5, 5.41) is 10.4. The Morgan fingerprint density at radius 3 is 2.80 bits per heavy atom. The van der Waals surface area contributed by atoms with E-state index in [1.165, 1.54) is 11.3 Å². The number of carbonyl (C=O) groups is 1. The standard InChI is InChI=1S/C13H16N4O2S/c14-10-9-8(17-5-2-7(18)3-6-17)1-4-16-13(9)20-11(10)12(15)19/h1,4,7,18H,2-3,5-6,14H2,(H2,15,19). The number of rotatable bonds is 2. The van der Waals surface area contributed by atoms with Crippen molar-refractivity contribution in [1.29, 1.82) is 0 Å². The Kier molecular flexibility index (Phi) is 3.23. The van der Waals surface area contributed by atoms with Gasteiger partial charge in [-0.25, -0.2) is 4.98 Å². The highest BCUT2D eigenvalue weighted by Gasteiger charge is 2.23. The number of primary amides is 1. The largest absolute Gasteiger partial charge is 0.397 e. The van der Waals surface area contributed by atoms with Crippen molar-refractivity contribution >= 4 is 38.8 Å². The van der Waals surface area contributed by atoms with Crippen molar-refractivity contribution in [2.45, 2.75) is 18.9 Å². The minimum atomic E-state index is -0.523. The van der Waals surface area contributed by atoms with Crippen LogP contribution in [0.2, 0.25) is 0 Å². The molecule has 3 heterocycles. The second-order valence-corrected chi connectivity index (χ2v) is 5.94. The van der Waals surface area contributed by atoms with E-state index in [-0.39, 0.29) is 6.10 Å². The molecular weight excluding hydrogens is 276 g/mol. The predicted octanol–water partition coefficient (Wildman–Crippen LogP) is 0.938. The Balaban J connectivity index is 2.09. The van der Waals surface area contributed by atoms with Crippen LogP contribution in [0.4, 0.5) is 11.4 Å². The van der Waals surface area contributed by atoms with Gasteiger partial charge in [0.25, 0.3) is 5.91 Å². The lowest BCUT2D eigenvalue weighted by Crippen LogP contribution is -2.35. The number of nitrogens with zero attached hydrogens (tertiary/aromatic N) is 2. The molecule has 3 rings (SSSR count). The quantitative estimate of drug-likeness (QED) is 0.764. The molecule has 0 saturated carbocycles. The lowest BCUT2D eigenvalue weighted by molar-refractivity contribution is 0.100. The summed E-state index contributed by atoms with van der Waals surface area (Å²) in [5.41, 5.74) is 12.8. The summed E-state index contributed by atoms with van der Waals surface area (Å²) < 4.78 is 0. The van der Waals surface area contributed by atoms with Gasteiger partial charge in [0.1, 0.15) is 9.71 Å². The number of pyridine rings is 1. The normalized spacial score (nSPS) is 16.8. The van der Waals surface area contributed by atoms with Gasteiger partial charge < -0.3 is 21.5 Å². The first-order chi connectivity index (χ1) is 9.58. The molecule has 0 radical (unpaired) electrons. The zero-order valence-electron chi connectivity index (χ0n) is 10.9. The smallest absolute Gasteiger partial charge is 0.260 e. The van der Waals surface area contributed by atoms with E-state index in [1.807, 2.05) is 6.07 Å². The van der Waals surface area contributed by atoms with Crippen molar-refractivity contribution in [3.63, 3.8) is 0 Å². The third kappa shape index (κ3) is 2.08. The van der Waals surface area contributed by atoms with Crippen LogP contribution in [0.15, 0.2) is 12.3 Å². The minimum absolute atomic E-state index is 0.232. The van der Waals surface area contributed by atoms with Gasteiger partial charge in [-0.05, 0) is 18.9 Å². The van der Waals surface area contributed by atoms with E-state index >= 15 is 0 Å². The molecule has 106 valence electrons. The number of fused-ring (bicyclic) bond motifs is 1. The van der Waals surface area contributed by atoms with Gasteiger partial charge >= 0.3 is 0 Å². The second-order valence-electron chi connectivity index (χ2n) is 4.94. The topological polar surface area (TPSA) is 105 Å². The second kappa shape index (κ2) is 4.92. The fraction of sp³-hybridized carbons (Fsp3) is 0.385. The Labute approximate surface area is 120 Å². The molecule has 0 bridgehead atoms. The number of aliphatic hydroxyl groups is 1. The maximum absolute atomic E-state index is 11.4. The van der Waals surface area contributed by atoms with Crippen LogP contribution in [0.25, 0.3) is 10.2 Å². The van der Waals surface area contributed by atoms with E-state index in [0.717, 1.165) is 41.8 Å². The van der Waals surface area contributed by atoms with Crippen LogP contribution in [0.5, 0.6) is 0 Å². The molecule has 1 fully saturated rings. The van der Waals surface area contributed by atoms with Gasteiger partial charge in [0.2, 0.25) is 0 Å². The van der Waals surface area contributed by atoms with Crippen molar-refractivity contribution < 1.29 is 9.90 Å². The number of nitrogen functional groups attached to an aromatic ring is 1. The molecule has 1 aliphatic rings. The molecule has 1 saturated heterocycles. The van der Waals surface area contributed by atoms with Crippen LogP contribution in [-0.4, -0.2) is 35.2 Å². The van der Waals surface area contributed by atoms with E-state index in [4.69, 9.17) is 11.5 Å². The van der Waals surface area contributed by atoms with Crippen LogP contribution >= 0.6 is 11.3 Å². The van der Waals surface area contributed by atoms with Gasteiger partial charge in [-0.15, -0.1) is 11.3 Å². The molecule has 0 unspecified atom stereocenters. The minimum Gasteiger partial charge on any atom is -0.397 e. The van der Waals surface area contributed by atoms with Crippen LogP contribution in [0.1, 0.15) is 22.5 Å². The SMILES string of the molecule is NC(=O)c1sc2nccc(N3CCC(O)CC3)c2c1N. The first-order valence-electron chi connectivity index (χ1n) is 6.47. The van der Waals surface area contributed by atoms with Gasteiger partial charge in [0.15, 0.2) is 0 Å². The van der Waals surface area contributed by atoms with Crippen LogP contribution in [0, 0.1) is 0 Å². The van der Waals surface area contributed by atoms with Crippen LogP contribution < -0.4 is 16.4 Å². The third-order valence-corrected chi connectivity index (χ3v) is 4.76. The summed E-state index contributed by atoms with van der Waals surface area (Å²) in [4.78, 5) is 18.9. The fourth-order valence-corrected chi connectivity index (χ4v) is 3.52. The number of nitrogens with two attached hydrogens (primary N) is 2. The van der Waals surface area contributed by atoms with Gasteiger partial charge in [-0.1, -0.05) is 0 Å². The summed E-state index contributed by atoms with van der Waals surface area (Å²) >= 11 is 1.22. The number of carbonyl (C=O) groups excluding carboxylic acids is 1. The molecular formula is C13H16N4O2S. The number of hydrogen-bond donors (Lipinski definition) is 3. The number of hydrogen-bond acceptors (Lipinski definition) is 6. The third-order valence-electron chi connectivity index (χ3n) is 3.64. The van der Waals surface area contributed by atoms with Gasteiger partial charge in [0, 0.05) is 19.3 Å². The van der Waals surface area contributed by atoms with Crippen molar-refractivity contribution in [3.05, 3.63) is 17.1 Å². The van der Waals surface area contributed by atoms with Crippen LogP contribution in [-0.2, 0) is 0 Å². The molecule has 7 heteroatoms. The molecule has 2 aromatic rings. The van der Waals surface area contributed by atoms with Crippen molar-refractivity contribution in [2.75, 3.05) is 23.7 Å². The Bertz CT molecular complexity index is 662. The number of piperidine rings is 1. The highest BCUT2D eigenvalue weighted by Crippen LogP contribution is 2.39. The monoisotopic (exact) mass is 292 g/mol. The molecule has 6 nitrogen and oxygen atoms in total. The zero-order valence-corrected chi connectivity index (χ0v) is 11.7. The average Bonchev–Trinajstić information content (AvgIpc) is 2.77. The summed E-state index contributed by atoms with van der Waals surface area (Å²) in [6.07, 6.45) is 2.95. The molecule has 0 aliphatic carbocycles. The number of aliphatic hydroxyl groups excluding tert-OH is 1. The van der Waals surface area contributed by atoms with Crippen molar-refractivity contribution in [1.82, 2.24) is 4.98 Å². The lowest BCUT2D eigenvalue weighted by atomic mass is 10.1. The molecule has 2 aromatic heterocycles. The first-order valence-corrected chi connectivity index (χ1v) is 7.29. The van der Waals surface area contributed by atoms with Gasteiger partial charge in [-0.2, -0.15) is 0 Å². The van der Waals surface area contributed by atoms with E-state index in [1.54, 1.807) is 6.20 Å². The molecule has 5 N–H and O–H groups in total. The first kappa shape index (κ1) is 13.1. The van der Waals surface area contributed by atoms with Gasteiger partial charge in [0.05, 0.1) is 22.9 Å². The molecule has 0 atom stereocenters. The molecule has 0 aromatic carbocycles. The Morgan fingerprint density at radius 2 is 2.15 bits per heavy atom. The summed E-state index contributed by atoms with van der Waals surface area (Å²) in [5.74, 6) is -0.523. The maximum Gasteiger partial charge on any atom is 0.260 e. The average molecular weight is 292 g/mol. The van der Waals surface area contributed by atoms with E-state index in [0.29, 0.717) is 10.6 Å². The van der Waals surface area contributed by atoms with Crippen LogP contribution in [0.3, 0.4) is 0 Å². The molecule has 1 amide bonds. The number of amides is 1. The lowest BCUT2D eigenvalue weighted by Gasteiger charge is -2.31. The Hall–Kier alpha value is -1.86. The molecule has 1 aliphatic heterocycles. The summed E-state index contributed by atoms with van der Waals surface area (Å²) in [6, 6.07) is 1.90. The highest BCUT2D eigenvalue weighted by molar-refractivity contribution is 7.21. The van der Waals surface area contributed by atoms with Gasteiger partial charge in [-0.3, -0.25) is 4.79 Å².